The second-order valence-corrected chi connectivity index (χ2v) is 15.0. The Bertz CT molecular complexity index is 2580. The highest BCUT2D eigenvalue weighted by molar-refractivity contribution is 8.00. The average molecular weight is 754 g/mol. The molecule has 3 aromatic heterocycles. The third kappa shape index (κ3) is 6.48. The molecule has 1 aliphatic heterocycles. The van der Waals surface area contributed by atoms with Gasteiger partial charge in [0.05, 0.1) is 23.9 Å². The van der Waals surface area contributed by atoms with Gasteiger partial charge in [0.2, 0.25) is 5.13 Å². The molecule has 10 nitrogen and oxygen atoms in total. The molecule has 0 spiro atoms. The lowest BCUT2D eigenvalue weighted by atomic mass is 9.96. The number of aliphatic hydroxyl groups is 1. The number of pyridine rings is 1. The molecule has 8 rings (SSSR count). The van der Waals surface area contributed by atoms with Crippen molar-refractivity contribution in [3.05, 3.63) is 149 Å². The van der Waals surface area contributed by atoms with E-state index >= 15 is 0 Å². The van der Waals surface area contributed by atoms with Crippen LogP contribution in [0.25, 0.3) is 22.2 Å². The van der Waals surface area contributed by atoms with Gasteiger partial charge in [-0.05, 0) is 72.0 Å². The zero-order chi connectivity index (χ0) is 37.3. The van der Waals surface area contributed by atoms with Crippen molar-refractivity contribution in [3.8, 4) is 11.5 Å². The zero-order valence-electron chi connectivity index (χ0n) is 29.7. The maximum atomic E-state index is 14.1. The van der Waals surface area contributed by atoms with Crippen LogP contribution in [0, 0.1) is 13.8 Å². The lowest BCUT2D eigenvalue weighted by Gasteiger charge is -2.23. The Balaban J connectivity index is 1.20. The van der Waals surface area contributed by atoms with E-state index in [-0.39, 0.29) is 22.2 Å². The number of aromatic nitrogens is 4. The number of carbonyl (C=O) groups excluding carboxylic acids is 2. The fourth-order valence-electron chi connectivity index (χ4n) is 6.75. The lowest BCUT2D eigenvalue weighted by molar-refractivity contribution is -0.132. The number of carbonyl (C=O) groups is 2. The van der Waals surface area contributed by atoms with Crippen LogP contribution in [-0.2, 0) is 21.9 Å². The number of ketones is 1. The highest BCUT2D eigenvalue weighted by Crippen LogP contribution is 2.46. The molecule has 0 aliphatic carbocycles. The zero-order valence-corrected chi connectivity index (χ0v) is 31.4. The Morgan fingerprint density at radius 3 is 2.50 bits per heavy atom. The van der Waals surface area contributed by atoms with E-state index in [9.17, 15) is 14.7 Å². The van der Waals surface area contributed by atoms with Crippen molar-refractivity contribution < 1.29 is 24.2 Å². The smallest absolute Gasteiger partial charge is 0.301 e. The van der Waals surface area contributed by atoms with Crippen LogP contribution in [-0.4, -0.2) is 43.0 Å². The van der Waals surface area contributed by atoms with E-state index in [1.165, 1.54) is 28.0 Å². The molecular weight excluding hydrogens is 719 g/mol. The minimum Gasteiger partial charge on any atom is -0.505 e. The SMILES string of the molecule is CCOc1cc(C2C(=C(O)c3nc4c(C)cccn4c3C)C(=O)C(=O)N2c2nnc(SCc3cccc4ccccc34)s2)ccc1OCc1ccccc1. The lowest BCUT2D eigenvalue weighted by Crippen LogP contribution is -2.29. The van der Waals surface area contributed by atoms with Crippen molar-refractivity contribution in [1.82, 2.24) is 19.6 Å². The van der Waals surface area contributed by atoms with Gasteiger partial charge in [-0.25, -0.2) is 4.98 Å². The van der Waals surface area contributed by atoms with Gasteiger partial charge < -0.3 is 19.0 Å². The van der Waals surface area contributed by atoms with Crippen molar-refractivity contribution in [3.63, 3.8) is 0 Å². The Labute approximate surface area is 319 Å². The summed E-state index contributed by atoms with van der Waals surface area (Å²) in [6.07, 6.45) is 1.85. The van der Waals surface area contributed by atoms with Crippen LogP contribution in [0.5, 0.6) is 11.5 Å². The third-order valence-electron chi connectivity index (χ3n) is 9.41. The van der Waals surface area contributed by atoms with E-state index in [1.807, 2.05) is 92.0 Å². The van der Waals surface area contributed by atoms with E-state index < -0.39 is 17.7 Å². The summed E-state index contributed by atoms with van der Waals surface area (Å²) in [5, 5.41) is 23.4. The number of Topliss-reactive ketones (excluding diaryl/α,β-unsaturated/α-hetero) is 1. The fourth-order valence-corrected chi connectivity index (χ4v) is 8.62. The number of hydrogen-bond donors (Lipinski definition) is 1. The molecule has 270 valence electrons. The second kappa shape index (κ2) is 14.8. The first-order valence-corrected chi connectivity index (χ1v) is 19.2. The summed E-state index contributed by atoms with van der Waals surface area (Å²) in [6, 6.07) is 32.2. The summed E-state index contributed by atoms with van der Waals surface area (Å²) < 4.78 is 14.7. The Morgan fingerprint density at radius 2 is 1.69 bits per heavy atom. The molecule has 0 bridgehead atoms. The Kier molecular flexibility index (Phi) is 9.61. The maximum absolute atomic E-state index is 14.1. The van der Waals surface area contributed by atoms with E-state index in [2.05, 4.69) is 34.5 Å². The number of nitrogens with zero attached hydrogens (tertiary/aromatic N) is 5. The van der Waals surface area contributed by atoms with Gasteiger partial charge in [0.25, 0.3) is 5.78 Å². The summed E-state index contributed by atoms with van der Waals surface area (Å²) in [5.41, 5.74) is 4.91. The van der Waals surface area contributed by atoms with Crippen molar-refractivity contribution in [2.75, 3.05) is 11.5 Å². The fraction of sp³-hybridized carbons (Fsp3) is 0.167. The molecule has 54 heavy (non-hydrogen) atoms. The van der Waals surface area contributed by atoms with Crippen LogP contribution >= 0.6 is 23.1 Å². The highest BCUT2D eigenvalue weighted by Gasteiger charge is 2.49. The van der Waals surface area contributed by atoms with E-state index in [4.69, 9.17) is 14.5 Å². The predicted molar refractivity (Wildman–Crippen MR) is 211 cm³/mol. The maximum Gasteiger partial charge on any atom is 0.301 e. The standard InChI is InChI=1S/C42H35N5O5S2/c1-4-51-33-22-29(19-20-32(33)52-23-27-13-6-5-7-14-27)36-34(37(48)35-26(3)46-21-11-12-25(2)39(46)43-35)38(49)40(50)47(36)41-44-45-42(54-41)53-24-30-17-10-16-28-15-8-9-18-31(28)30/h5-22,36,48H,4,23-24H2,1-3H3. The molecule has 1 atom stereocenters. The first-order valence-electron chi connectivity index (χ1n) is 17.4. The largest absolute Gasteiger partial charge is 0.505 e. The molecule has 4 aromatic carbocycles. The molecule has 1 unspecified atom stereocenters. The van der Waals surface area contributed by atoms with Crippen LogP contribution in [0.3, 0.4) is 0 Å². The number of aryl methyl sites for hydroxylation is 2. The number of amides is 1. The average Bonchev–Trinajstić information content (AvgIpc) is 3.88. The van der Waals surface area contributed by atoms with Gasteiger partial charge in [0.15, 0.2) is 21.6 Å². The van der Waals surface area contributed by atoms with E-state index in [1.54, 1.807) is 18.2 Å². The number of hydrogen-bond acceptors (Lipinski definition) is 10. The molecular formula is C42H35N5O5S2. The molecule has 1 fully saturated rings. The third-order valence-corrected chi connectivity index (χ3v) is 11.5. The number of ether oxygens (including phenoxy) is 2. The van der Waals surface area contributed by atoms with Crippen molar-refractivity contribution in [2.45, 2.75) is 43.5 Å². The molecule has 4 heterocycles. The normalized spacial score (nSPS) is 15.4. The van der Waals surface area contributed by atoms with Gasteiger partial charge in [-0.2, -0.15) is 0 Å². The molecule has 1 amide bonds. The minimum atomic E-state index is -1.07. The van der Waals surface area contributed by atoms with Crippen LogP contribution in [0.2, 0.25) is 0 Å². The Morgan fingerprint density at radius 1 is 0.889 bits per heavy atom. The number of aliphatic hydroxyl groups excluding tert-OH is 1. The number of anilines is 1. The van der Waals surface area contributed by atoms with Gasteiger partial charge in [-0.1, -0.05) is 108 Å². The topological polar surface area (TPSA) is 119 Å². The van der Waals surface area contributed by atoms with Crippen LogP contribution in [0.15, 0.2) is 119 Å². The molecule has 12 heteroatoms. The first-order chi connectivity index (χ1) is 26.3. The van der Waals surface area contributed by atoms with Crippen molar-refractivity contribution >= 4 is 62.1 Å². The van der Waals surface area contributed by atoms with Gasteiger partial charge in [-0.3, -0.25) is 14.5 Å². The molecule has 0 saturated carbocycles. The quantitative estimate of drug-likeness (QED) is 0.0454. The van der Waals surface area contributed by atoms with Gasteiger partial charge >= 0.3 is 5.91 Å². The molecule has 1 N–H and O–H groups in total. The summed E-state index contributed by atoms with van der Waals surface area (Å²) in [4.78, 5) is 34.3. The van der Waals surface area contributed by atoms with Crippen LogP contribution in [0.4, 0.5) is 5.13 Å². The summed E-state index contributed by atoms with van der Waals surface area (Å²) >= 11 is 2.72. The van der Waals surface area contributed by atoms with Crippen LogP contribution in [0.1, 0.15) is 46.6 Å². The Hall–Kier alpha value is -5.98. The van der Waals surface area contributed by atoms with Crippen LogP contribution < -0.4 is 14.4 Å². The van der Waals surface area contributed by atoms with E-state index in [0.29, 0.717) is 51.7 Å². The summed E-state index contributed by atoms with van der Waals surface area (Å²) in [5.74, 6) is -0.501. The number of benzene rings is 4. The van der Waals surface area contributed by atoms with Gasteiger partial charge in [0.1, 0.15) is 17.9 Å². The van der Waals surface area contributed by atoms with Gasteiger partial charge in [-0.15, -0.1) is 10.2 Å². The molecule has 7 aromatic rings. The monoisotopic (exact) mass is 753 g/mol. The summed E-state index contributed by atoms with van der Waals surface area (Å²) in [7, 11) is 0. The van der Waals surface area contributed by atoms with Crippen molar-refractivity contribution in [2.24, 2.45) is 0 Å². The summed E-state index contributed by atoms with van der Waals surface area (Å²) in [6.45, 7) is 6.27. The van der Waals surface area contributed by atoms with E-state index in [0.717, 1.165) is 27.5 Å². The number of fused-ring (bicyclic) bond motifs is 2. The molecule has 0 radical (unpaired) electrons. The number of imidazole rings is 1. The number of rotatable bonds is 11. The first kappa shape index (κ1) is 35.1. The van der Waals surface area contributed by atoms with Gasteiger partial charge in [0, 0.05) is 11.9 Å². The molecule has 1 saturated heterocycles. The second-order valence-electron chi connectivity index (χ2n) is 12.8. The molecule has 1 aliphatic rings. The highest BCUT2D eigenvalue weighted by atomic mass is 32.2. The van der Waals surface area contributed by atoms with Crippen molar-refractivity contribution in [1.29, 1.82) is 0 Å². The predicted octanol–water partition coefficient (Wildman–Crippen LogP) is 8.85. The minimum absolute atomic E-state index is 0.107. The number of thioether (sulfide) groups is 1.